The van der Waals surface area contributed by atoms with E-state index in [1.54, 1.807) is 0 Å². The minimum Gasteiger partial charge on any atom is -0.368 e. The van der Waals surface area contributed by atoms with Crippen molar-refractivity contribution in [2.24, 2.45) is 11.8 Å². The van der Waals surface area contributed by atoms with Crippen LogP contribution >= 0.6 is 0 Å². The number of carbonyl (C=O) groups is 1. The Hall–Kier alpha value is -1.35. The molecule has 0 bridgehead atoms. The third-order valence-corrected chi connectivity index (χ3v) is 4.24. The highest BCUT2D eigenvalue weighted by atomic mass is 16.5. The number of piperidine rings is 1. The van der Waals surface area contributed by atoms with E-state index >= 15 is 0 Å². The van der Waals surface area contributed by atoms with Crippen molar-refractivity contribution < 1.29 is 9.53 Å². The average Bonchev–Trinajstić information content (AvgIpc) is 3.05. The molecule has 3 heteroatoms. The molecule has 2 fully saturated rings. The molecule has 1 aromatic rings. The van der Waals surface area contributed by atoms with E-state index < -0.39 is 0 Å². The highest BCUT2D eigenvalue weighted by Crippen LogP contribution is 2.44. The molecule has 3 atom stereocenters. The van der Waals surface area contributed by atoms with E-state index in [4.69, 9.17) is 4.74 Å². The van der Waals surface area contributed by atoms with Crippen molar-refractivity contribution in [1.82, 2.24) is 4.90 Å². The fourth-order valence-corrected chi connectivity index (χ4v) is 2.90. The van der Waals surface area contributed by atoms with Gasteiger partial charge in [0.05, 0.1) is 6.61 Å². The SMILES string of the molecule is CC(OCCc1ccccc1)C(=O)N1CC2CC2C1. The summed E-state index contributed by atoms with van der Waals surface area (Å²) in [6, 6.07) is 10.2. The van der Waals surface area contributed by atoms with Crippen LogP contribution in [0.15, 0.2) is 30.3 Å². The Balaban J connectivity index is 1.41. The number of rotatable bonds is 5. The van der Waals surface area contributed by atoms with E-state index in [2.05, 4.69) is 12.1 Å². The lowest BCUT2D eigenvalue weighted by molar-refractivity contribution is -0.142. The zero-order valence-corrected chi connectivity index (χ0v) is 11.4. The lowest BCUT2D eigenvalue weighted by Crippen LogP contribution is -2.38. The molecule has 1 aliphatic heterocycles. The molecule has 0 aromatic heterocycles. The first kappa shape index (κ1) is 12.7. The average molecular weight is 259 g/mol. The minimum atomic E-state index is -0.304. The van der Waals surface area contributed by atoms with Crippen molar-refractivity contribution in [3.05, 3.63) is 35.9 Å². The molecule has 3 nitrogen and oxygen atoms in total. The van der Waals surface area contributed by atoms with Crippen molar-refractivity contribution in [3.63, 3.8) is 0 Å². The van der Waals surface area contributed by atoms with Gasteiger partial charge in [-0.15, -0.1) is 0 Å². The second kappa shape index (κ2) is 5.33. The van der Waals surface area contributed by atoms with Gasteiger partial charge in [-0.3, -0.25) is 4.79 Å². The number of amides is 1. The predicted molar refractivity (Wildman–Crippen MR) is 73.7 cm³/mol. The van der Waals surface area contributed by atoms with Crippen LogP contribution in [0.4, 0.5) is 0 Å². The maximum atomic E-state index is 12.2. The Kier molecular flexibility index (Phi) is 3.56. The fourth-order valence-electron chi connectivity index (χ4n) is 2.90. The molecular formula is C16H21NO2. The Morgan fingerprint density at radius 2 is 2.00 bits per heavy atom. The number of carbonyl (C=O) groups excluding carboxylic acids is 1. The topological polar surface area (TPSA) is 29.5 Å². The van der Waals surface area contributed by atoms with Gasteiger partial charge in [0.15, 0.2) is 0 Å². The highest BCUT2D eigenvalue weighted by molar-refractivity contribution is 5.81. The molecule has 3 rings (SSSR count). The molecule has 1 saturated carbocycles. The molecule has 1 aliphatic carbocycles. The molecule has 1 heterocycles. The lowest BCUT2D eigenvalue weighted by Gasteiger charge is -2.22. The summed E-state index contributed by atoms with van der Waals surface area (Å²) in [5.74, 6) is 1.75. The molecular weight excluding hydrogens is 238 g/mol. The van der Waals surface area contributed by atoms with Gasteiger partial charge in [-0.25, -0.2) is 0 Å². The summed E-state index contributed by atoms with van der Waals surface area (Å²) >= 11 is 0. The molecule has 0 N–H and O–H groups in total. The van der Waals surface area contributed by atoms with Gasteiger partial charge < -0.3 is 9.64 Å². The number of fused-ring (bicyclic) bond motifs is 1. The van der Waals surface area contributed by atoms with Crippen molar-refractivity contribution in [2.45, 2.75) is 25.9 Å². The Morgan fingerprint density at radius 3 is 2.68 bits per heavy atom. The first-order chi connectivity index (χ1) is 9.24. The smallest absolute Gasteiger partial charge is 0.251 e. The van der Waals surface area contributed by atoms with Gasteiger partial charge >= 0.3 is 0 Å². The van der Waals surface area contributed by atoms with Crippen molar-refractivity contribution in [2.75, 3.05) is 19.7 Å². The first-order valence-electron chi connectivity index (χ1n) is 7.18. The number of hydrogen-bond donors (Lipinski definition) is 0. The third kappa shape index (κ3) is 2.98. The van der Waals surface area contributed by atoms with Gasteiger partial charge in [-0.05, 0) is 37.2 Å². The molecule has 0 radical (unpaired) electrons. The number of benzene rings is 1. The maximum Gasteiger partial charge on any atom is 0.251 e. The van der Waals surface area contributed by atoms with Crippen LogP contribution in [0.3, 0.4) is 0 Å². The van der Waals surface area contributed by atoms with Crippen LogP contribution in [-0.2, 0) is 16.0 Å². The van der Waals surface area contributed by atoms with Gasteiger partial charge in [-0.1, -0.05) is 30.3 Å². The van der Waals surface area contributed by atoms with Crippen LogP contribution in [0.2, 0.25) is 0 Å². The first-order valence-corrected chi connectivity index (χ1v) is 7.18. The van der Waals surface area contributed by atoms with E-state index in [1.165, 1.54) is 12.0 Å². The molecule has 1 aromatic carbocycles. The van der Waals surface area contributed by atoms with Crippen LogP contribution in [0, 0.1) is 11.8 Å². The van der Waals surface area contributed by atoms with E-state index in [-0.39, 0.29) is 12.0 Å². The van der Waals surface area contributed by atoms with Crippen LogP contribution in [0.1, 0.15) is 18.9 Å². The summed E-state index contributed by atoms with van der Waals surface area (Å²) in [6.45, 7) is 4.39. The summed E-state index contributed by atoms with van der Waals surface area (Å²) in [7, 11) is 0. The highest BCUT2D eigenvalue weighted by Gasteiger charge is 2.47. The van der Waals surface area contributed by atoms with Gasteiger partial charge in [0.1, 0.15) is 6.10 Å². The Labute approximate surface area is 114 Å². The van der Waals surface area contributed by atoms with E-state index in [0.29, 0.717) is 6.61 Å². The molecule has 102 valence electrons. The van der Waals surface area contributed by atoms with Crippen molar-refractivity contribution in [3.8, 4) is 0 Å². The molecule has 1 saturated heterocycles. The van der Waals surface area contributed by atoms with Gasteiger partial charge in [0.2, 0.25) is 0 Å². The van der Waals surface area contributed by atoms with Gasteiger partial charge in [0.25, 0.3) is 5.91 Å². The Morgan fingerprint density at radius 1 is 1.32 bits per heavy atom. The number of likely N-dealkylation sites (tertiary alicyclic amines) is 1. The van der Waals surface area contributed by atoms with E-state index in [9.17, 15) is 4.79 Å². The molecule has 2 aliphatic rings. The standard InChI is InChI=1S/C16H21NO2/c1-12(16(18)17-10-14-9-15(14)11-17)19-8-7-13-5-3-2-4-6-13/h2-6,12,14-15H,7-11H2,1H3. The summed E-state index contributed by atoms with van der Waals surface area (Å²) in [4.78, 5) is 14.1. The molecule has 3 unspecified atom stereocenters. The number of hydrogen-bond acceptors (Lipinski definition) is 2. The Bertz CT molecular complexity index is 435. The van der Waals surface area contributed by atoms with E-state index in [1.807, 2.05) is 30.0 Å². The maximum absolute atomic E-state index is 12.2. The number of ether oxygens (including phenoxy) is 1. The van der Waals surface area contributed by atoms with Crippen molar-refractivity contribution in [1.29, 1.82) is 0 Å². The normalized spacial score (nSPS) is 26.1. The lowest BCUT2D eigenvalue weighted by atomic mass is 10.2. The predicted octanol–water partition coefficient (Wildman–Crippen LogP) is 2.11. The summed E-state index contributed by atoms with van der Waals surface area (Å²) in [5, 5.41) is 0. The van der Waals surface area contributed by atoms with Gasteiger partial charge in [0, 0.05) is 13.1 Å². The van der Waals surface area contributed by atoms with Gasteiger partial charge in [-0.2, -0.15) is 0 Å². The quantitative estimate of drug-likeness (QED) is 0.810. The number of nitrogens with zero attached hydrogens (tertiary/aromatic N) is 1. The minimum absolute atomic E-state index is 0.167. The van der Waals surface area contributed by atoms with Crippen LogP contribution in [-0.4, -0.2) is 36.6 Å². The summed E-state index contributed by atoms with van der Waals surface area (Å²) < 4.78 is 5.68. The summed E-state index contributed by atoms with van der Waals surface area (Å²) in [5.41, 5.74) is 1.25. The second-order valence-corrected chi connectivity index (χ2v) is 5.75. The summed E-state index contributed by atoms with van der Waals surface area (Å²) in [6.07, 6.45) is 1.89. The third-order valence-electron chi connectivity index (χ3n) is 4.24. The van der Waals surface area contributed by atoms with Crippen LogP contribution in [0.25, 0.3) is 0 Å². The van der Waals surface area contributed by atoms with Crippen LogP contribution in [0.5, 0.6) is 0 Å². The molecule has 1 amide bonds. The zero-order chi connectivity index (χ0) is 13.2. The molecule has 0 spiro atoms. The molecule has 19 heavy (non-hydrogen) atoms. The fraction of sp³-hybridized carbons (Fsp3) is 0.562. The van der Waals surface area contributed by atoms with E-state index in [0.717, 1.165) is 31.3 Å². The zero-order valence-electron chi connectivity index (χ0n) is 11.4. The largest absolute Gasteiger partial charge is 0.368 e. The second-order valence-electron chi connectivity index (χ2n) is 5.75. The van der Waals surface area contributed by atoms with Crippen LogP contribution < -0.4 is 0 Å². The monoisotopic (exact) mass is 259 g/mol. The van der Waals surface area contributed by atoms with Crippen molar-refractivity contribution >= 4 is 5.91 Å².